The monoisotopic (exact) mass is 352 g/mol. The molecule has 3 N–H and O–H groups in total. The van der Waals surface area contributed by atoms with Gasteiger partial charge < -0.3 is 20.5 Å². The average Bonchev–Trinajstić information content (AvgIpc) is 2.59. The van der Waals surface area contributed by atoms with E-state index in [1.54, 1.807) is 11.8 Å². The minimum Gasteiger partial charge on any atom is -0.469 e. The molecule has 0 spiro atoms. The molecule has 6 nitrogen and oxygen atoms in total. The highest BCUT2D eigenvalue weighted by atomic mass is 32.2. The van der Waals surface area contributed by atoms with E-state index in [0.29, 0.717) is 38.2 Å². The van der Waals surface area contributed by atoms with Crippen molar-refractivity contribution in [3.8, 4) is 0 Å². The molecule has 0 saturated carbocycles. The van der Waals surface area contributed by atoms with Crippen molar-refractivity contribution in [3.63, 3.8) is 0 Å². The van der Waals surface area contributed by atoms with Gasteiger partial charge in [-0.15, -0.1) is 0 Å². The molecule has 0 atom stereocenters. The third-order valence-electron chi connectivity index (χ3n) is 3.97. The first-order valence-corrected chi connectivity index (χ1v) is 9.10. The van der Waals surface area contributed by atoms with Crippen LogP contribution in [-0.4, -0.2) is 43.5 Å². The van der Waals surface area contributed by atoms with Crippen molar-refractivity contribution in [1.82, 2.24) is 0 Å². The van der Waals surface area contributed by atoms with Crippen molar-refractivity contribution >= 4 is 29.3 Å². The lowest BCUT2D eigenvalue weighted by Gasteiger charge is -2.31. The molecule has 1 amide bonds. The van der Waals surface area contributed by atoms with E-state index in [0.717, 1.165) is 17.0 Å². The topological polar surface area (TPSA) is 90.7 Å². The van der Waals surface area contributed by atoms with Crippen LogP contribution in [0, 0.1) is 0 Å². The van der Waals surface area contributed by atoms with Crippen LogP contribution in [-0.2, 0) is 24.8 Å². The Hall–Kier alpha value is -1.57. The van der Waals surface area contributed by atoms with Crippen molar-refractivity contribution in [2.24, 2.45) is 5.73 Å². The number of nitrogens with one attached hydrogen (secondary N) is 1. The Bertz CT molecular complexity index is 573. The molecule has 0 aromatic heterocycles. The molecule has 0 bridgehead atoms. The van der Waals surface area contributed by atoms with Crippen LogP contribution in [0.1, 0.15) is 24.8 Å². The third-order valence-corrected chi connectivity index (χ3v) is 5.00. The standard InChI is InChI=1S/C17H24N2O4S/c1-22-15(20)5-10-24-12-13-3-2-4-14(11-13)19-16(21)17(18)6-8-23-9-7-17/h2-4,11H,5-10,12,18H2,1H3,(H,19,21). The maximum absolute atomic E-state index is 12.4. The number of nitrogens with two attached hydrogens (primary N) is 1. The largest absolute Gasteiger partial charge is 0.469 e. The molecule has 1 saturated heterocycles. The van der Waals surface area contributed by atoms with Gasteiger partial charge in [0.05, 0.1) is 13.5 Å². The van der Waals surface area contributed by atoms with Crippen LogP contribution < -0.4 is 11.1 Å². The summed E-state index contributed by atoms with van der Waals surface area (Å²) in [6, 6.07) is 7.68. The minimum atomic E-state index is -0.858. The number of esters is 1. The van der Waals surface area contributed by atoms with Gasteiger partial charge in [0.1, 0.15) is 5.54 Å². The van der Waals surface area contributed by atoms with Gasteiger partial charge in [0.2, 0.25) is 5.91 Å². The first kappa shape index (κ1) is 18.8. The number of hydrogen-bond donors (Lipinski definition) is 2. The zero-order valence-corrected chi connectivity index (χ0v) is 14.7. The molecule has 0 unspecified atom stereocenters. The molecule has 7 heteroatoms. The van der Waals surface area contributed by atoms with Crippen LogP contribution in [0.15, 0.2) is 24.3 Å². The van der Waals surface area contributed by atoms with Gasteiger partial charge in [0.15, 0.2) is 0 Å². The van der Waals surface area contributed by atoms with E-state index in [1.807, 2.05) is 24.3 Å². The highest BCUT2D eigenvalue weighted by molar-refractivity contribution is 7.98. The van der Waals surface area contributed by atoms with Crippen molar-refractivity contribution in [3.05, 3.63) is 29.8 Å². The predicted molar refractivity (Wildman–Crippen MR) is 94.8 cm³/mol. The normalized spacial score (nSPS) is 16.4. The van der Waals surface area contributed by atoms with Gasteiger partial charge in [0.25, 0.3) is 0 Å². The summed E-state index contributed by atoms with van der Waals surface area (Å²) in [5.74, 6) is 1.10. The van der Waals surface area contributed by atoms with Crippen molar-refractivity contribution in [2.75, 3.05) is 31.4 Å². The summed E-state index contributed by atoms with van der Waals surface area (Å²) >= 11 is 1.65. The number of ether oxygens (including phenoxy) is 2. The molecule has 24 heavy (non-hydrogen) atoms. The number of carbonyl (C=O) groups is 2. The second-order valence-corrected chi connectivity index (χ2v) is 6.91. The van der Waals surface area contributed by atoms with E-state index in [-0.39, 0.29) is 11.9 Å². The maximum atomic E-state index is 12.4. The van der Waals surface area contributed by atoms with E-state index in [2.05, 4.69) is 10.1 Å². The number of hydrogen-bond acceptors (Lipinski definition) is 6. The lowest BCUT2D eigenvalue weighted by atomic mass is 9.90. The molecule has 1 aliphatic rings. The van der Waals surface area contributed by atoms with Gasteiger partial charge in [-0.25, -0.2) is 0 Å². The number of carbonyl (C=O) groups excluding carboxylic acids is 2. The molecule has 1 aliphatic heterocycles. The van der Waals surface area contributed by atoms with E-state index < -0.39 is 5.54 Å². The second-order valence-electron chi connectivity index (χ2n) is 5.80. The number of methoxy groups -OCH3 is 1. The first-order valence-electron chi connectivity index (χ1n) is 7.95. The Morgan fingerprint density at radius 2 is 2.12 bits per heavy atom. The van der Waals surface area contributed by atoms with Gasteiger partial charge in [-0.05, 0) is 30.5 Å². The quantitative estimate of drug-likeness (QED) is 0.576. The fourth-order valence-corrected chi connectivity index (χ4v) is 3.28. The summed E-state index contributed by atoms with van der Waals surface area (Å²) in [7, 11) is 1.39. The lowest BCUT2D eigenvalue weighted by molar-refractivity contribution is -0.140. The Labute approximate surface area is 146 Å². The zero-order chi connectivity index (χ0) is 17.4. The van der Waals surface area contributed by atoms with E-state index in [4.69, 9.17) is 10.5 Å². The fourth-order valence-electron chi connectivity index (χ4n) is 2.40. The third kappa shape index (κ3) is 5.51. The number of amides is 1. The van der Waals surface area contributed by atoms with Crippen molar-refractivity contribution in [1.29, 1.82) is 0 Å². The van der Waals surface area contributed by atoms with Crippen LogP contribution in [0.25, 0.3) is 0 Å². The summed E-state index contributed by atoms with van der Waals surface area (Å²) in [6.45, 7) is 1.03. The van der Waals surface area contributed by atoms with Crippen molar-refractivity contribution in [2.45, 2.75) is 30.6 Å². The minimum absolute atomic E-state index is 0.165. The molecule has 0 aliphatic carbocycles. The zero-order valence-electron chi connectivity index (χ0n) is 13.9. The summed E-state index contributed by atoms with van der Waals surface area (Å²) < 4.78 is 9.88. The SMILES string of the molecule is COC(=O)CCSCc1cccc(NC(=O)C2(N)CCOCC2)c1. The number of anilines is 1. The van der Waals surface area contributed by atoms with E-state index in [1.165, 1.54) is 7.11 Å². The van der Waals surface area contributed by atoms with Gasteiger partial charge >= 0.3 is 5.97 Å². The van der Waals surface area contributed by atoms with Crippen LogP contribution in [0.4, 0.5) is 5.69 Å². The fraction of sp³-hybridized carbons (Fsp3) is 0.529. The summed E-state index contributed by atoms with van der Waals surface area (Å²) in [5, 5.41) is 2.91. The van der Waals surface area contributed by atoms with Gasteiger partial charge in [-0.2, -0.15) is 11.8 Å². The Morgan fingerprint density at radius 1 is 1.38 bits per heavy atom. The van der Waals surface area contributed by atoms with Crippen LogP contribution >= 0.6 is 11.8 Å². The highest BCUT2D eigenvalue weighted by Crippen LogP contribution is 2.22. The molecular formula is C17H24N2O4S. The summed E-state index contributed by atoms with van der Waals surface area (Å²) in [6.07, 6.45) is 1.46. The van der Waals surface area contributed by atoms with E-state index in [9.17, 15) is 9.59 Å². The molecule has 1 fully saturated rings. The molecular weight excluding hydrogens is 328 g/mol. The van der Waals surface area contributed by atoms with Crippen LogP contribution in [0.5, 0.6) is 0 Å². The Kier molecular flexibility index (Phi) is 7.08. The van der Waals surface area contributed by atoms with Gasteiger partial charge in [0, 0.05) is 30.4 Å². The summed E-state index contributed by atoms with van der Waals surface area (Å²) in [4.78, 5) is 23.5. The second kappa shape index (κ2) is 9.05. The highest BCUT2D eigenvalue weighted by Gasteiger charge is 2.35. The molecule has 2 rings (SSSR count). The van der Waals surface area contributed by atoms with Crippen LogP contribution in [0.3, 0.4) is 0 Å². The first-order chi connectivity index (χ1) is 11.5. The lowest BCUT2D eigenvalue weighted by Crippen LogP contribution is -2.54. The average molecular weight is 352 g/mol. The maximum Gasteiger partial charge on any atom is 0.306 e. The predicted octanol–water partition coefficient (Wildman–Crippen LogP) is 1.93. The van der Waals surface area contributed by atoms with Crippen LogP contribution in [0.2, 0.25) is 0 Å². The molecule has 0 radical (unpaired) electrons. The summed E-state index contributed by atoms with van der Waals surface area (Å²) in [5.41, 5.74) is 7.15. The van der Waals surface area contributed by atoms with E-state index >= 15 is 0 Å². The van der Waals surface area contributed by atoms with Crippen molar-refractivity contribution < 1.29 is 19.1 Å². The smallest absolute Gasteiger partial charge is 0.306 e. The number of rotatable bonds is 7. The number of benzene rings is 1. The van der Waals surface area contributed by atoms with Gasteiger partial charge in [-0.1, -0.05) is 12.1 Å². The van der Waals surface area contributed by atoms with Gasteiger partial charge in [-0.3, -0.25) is 9.59 Å². The number of thioether (sulfide) groups is 1. The molecule has 1 heterocycles. The Balaban J connectivity index is 1.85. The molecule has 1 aromatic rings. The molecule has 132 valence electrons. The molecule has 1 aromatic carbocycles. The Morgan fingerprint density at radius 3 is 2.83 bits per heavy atom.